The van der Waals surface area contributed by atoms with Crippen molar-refractivity contribution in [2.75, 3.05) is 40.9 Å². The molecule has 0 radical (unpaired) electrons. The lowest BCUT2D eigenvalue weighted by atomic mass is 10.1. The van der Waals surface area contributed by atoms with Crippen LogP contribution in [0.2, 0.25) is 0 Å². The van der Waals surface area contributed by atoms with Crippen LogP contribution in [0.4, 0.5) is 0 Å². The number of nitrogens with zero attached hydrogens (tertiary/aromatic N) is 1. The summed E-state index contributed by atoms with van der Waals surface area (Å²) < 4.78 is 30.4. The molecule has 0 heterocycles. The lowest BCUT2D eigenvalue weighted by molar-refractivity contribution is -0.870. The molecule has 10 heteroatoms. The van der Waals surface area contributed by atoms with Gasteiger partial charge in [0.05, 0.1) is 33.8 Å². The fourth-order valence-electron chi connectivity index (χ4n) is 6.74. The smallest absolute Gasteiger partial charge is 0.456 e. The first-order chi connectivity index (χ1) is 32.4. The van der Waals surface area contributed by atoms with E-state index in [1.54, 1.807) is 0 Å². The van der Waals surface area contributed by atoms with Crippen LogP contribution in [-0.2, 0) is 27.9 Å². The first-order valence-corrected chi connectivity index (χ1v) is 27.7. The number of nitrogens with one attached hydrogen (secondary N) is 1. The molecule has 3 atom stereocenters. The SMILES string of the molecule is CC/C=C\C/C=C\C/C=C\C/C=C\C/C=C\CCCC(=O)OC(/C=C/CCCCCCCCCCC)C(COP(=O)(O)OCC[N+](C)(C)C)NC(=O)CCCCCCC\C=C/C=C/C=C/CC. The molecule has 0 bridgehead atoms. The Bertz CT molecular complexity index is 1520. The van der Waals surface area contributed by atoms with Gasteiger partial charge in [0.1, 0.15) is 19.3 Å². The Morgan fingerprint density at radius 2 is 1.04 bits per heavy atom. The van der Waals surface area contributed by atoms with Crippen molar-refractivity contribution in [1.29, 1.82) is 0 Å². The minimum Gasteiger partial charge on any atom is -0.456 e. The highest BCUT2D eigenvalue weighted by Crippen LogP contribution is 2.43. The number of carbonyl (C=O) groups excluding carboxylic acids is 2. The van der Waals surface area contributed by atoms with Crippen molar-refractivity contribution in [2.45, 2.75) is 200 Å². The molecule has 0 rings (SSSR count). The molecule has 2 N–H and O–H groups in total. The molecule has 9 nitrogen and oxygen atoms in total. The fourth-order valence-corrected chi connectivity index (χ4v) is 7.47. The van der Waals surface area contributed by atoms with Crippen LogP contribution in [0.5, 0.6) is 0 Å². The number of unbranched alkanes of at least 4 members (excludes halogenated alkanes) is 15. The number of hydrogen-bond donors (Lipinski definition) is 2. The Labute approximate surface area is 410 Å². The number of esters is 1. The Kier molecular flexibility index (Phi) is 44.1. The molecule has 382 valence electrons. The lowest BCUT2D eigenvalue weighted by Crippen LogP contribution is -2.47. The van der Waals surface area contributed by atoms with Crippen LogP contribution in [0.15, 0.2) is 109 Å². The van der Waals surface area contributed by atoms with Gasteiger partial charge in [-0.25, -0.2) is 4.57 Å². The molecule has 0 spiro atoms. The molecule has 0 aromatic rings. The maximum atomic E-state index is 13.4. The Hall–Kier alpha value is -3.33. The average Bonchev–Trinajstić information content (AvgIpc) is 3.28. The van der Waals surface area contributed by atoms with Crippen molar-refractivity contribution in [3.8, 4) is 0 Å². The average molecular weight is 954 g/mol. The normalized spacial score (nSPS) is 14.8. The van der Waals surface area contributed by atoms with Gasteiger partial charge in [-0.2, -0.15) is 0 Å². The summed E-state index contributed by atoms with van der Waals surface area (Å²) in [6.07, 6.45) is 62.4. The minimum absolute atomic E-state index is 0.0211. The van der Waals surface area contributed by atoms with Gasteiger partial charge in [0.25, 0.3) is 0 Å². The van der Waals surface area contributed by atoms with E-state index in [1.165, 1.54) is 44.9 Å². The Morgan fingerprint density at radius 3 is 1.61 bits per heavy atom. The molecule has 0 aromatic heterocycles. The molecule has 0 saturated heterocycles. The first-order valence-electron chi connectivity index (χ1n) is 26.2. The molecule has 0 aliphatic rings. The van der Waals surface area contributed by atoms with Crippen LogP contribution in [0, 0.1) is 0 Å². The number of phosphoric ester groups is 1. The zero-order chi connectivity index (χ0) is 49.4. The summed E-state index contributed by atoms with van der Waals surface area (Å²) >= 11 is 0. The maximum Gasteiger partial charge on any atom is 0.472 e. The molecular formula is C57H98N2O7P+. The van der Waals surface area contributed by atoms with Crippen molar-refractivity contribution in [3.05, 3.63) is 109 Å². The Balaban J connectivity index is 5.54. The fraction of sp³-hybridized carbons (Fsp3) is 0.649. The summed E-state index contributed by atoms with van der Waals surface area (Å²) in [5.41, 5.74) is 0. The van der Waals surface area contributed by atoms with E-state index in [4.69, 9.17) is 13.8 Å². The molecule has 0 aliphatic heterocycles. The van der Waals surface area contributed by atoms with Gasteiger partial charge in [-0.1, -0.05) is 195 Å². The summed E-state index contributed by atoms with van der Waals surface area (Å²) in [5, 5.41) is 3.00. The molecule has 0 fully saturated rings. The van der Waals surface area contributed by atoms with Crippen LogP contribution in [0.25, 0.3) is 0 Å². The predicted octanol–water partition coefficient (Wildman–Crippen LogP) is 15.4. The van der Waals surface area contributed by atoms with Gasteiger partial charge in [0.15, 0.2) is 0 Å². The third-order valence-corrected chi connectivity index (χ3v) is 11.8. The molecule has 67 heavy (non-hydrogen) atoms. The van der Waals surface area contributed by atoms with Crippen molar-refractivity contribution >= 4 is 19.7 Å². The van der Waals surface area contributed by atoms with Crippen molar-refractivity contribution in [1.82, 2.24) is 5.32 Å². The van der Waals surface area contributed by atoms with Crippen LogP contribution in [-0.4, -0.2) is 74.3 Å². The number of ether oxygens (including phenoxy) is 1. The van der Waals surface area contributed by atoms with Gasteiger partial charge < -0.3 is 19.4 Å². The maximum absolute atomic E-state index is 13.4. The number of quaternary nitrogens is 1. The zero-order valence-electron chi connectivity index (χ0n) is 43.3. The van der Waals surface area contributed by atoms with E-state index in [1.807, 2.05) is 39.4 Å². The predicted molar refractivity (Wildman–Crippen MR) is 286 cm³/mol. The first kappa shape index (κ1) is 63.7. The number of likely N-dealkylation sites (N-methyl/N-ethyl adjacent to an activating group) is 1. The van der Waals surface area contributed by atoms with E-state index >= 15 is 0 Å². The summed E-state index contributed by atoms with van der Waals surface area (Å²) in [6.45, 7) is 6.66. The quantitative estimate of drug-likeness (QED) is 0.0156. The minimum atomic E-state index is -4.46. The van der Waals surface area contributed by atoms with Gasteiger partial charge in [0, 0.05) is 12.8 Å². The van der Waals surface area contributed by atoms with Gasteiger partial charge in [-0.3, -0.25) is 18.6 Å². The standard InChI is InChI=1S/C57H97N2O7P/c1-7-10-13-16-19-22-25-27-28-29-30-32-35-38-41-44-47-50-57(61)66-55(48-45-42-39-36-33-24-21-18-15-12-9-3)54(53-65-67(62,63)64-52-51-59(4,5)6)58-56(60)49-46-43-40-37-34-31-26-23-20-17-14-11-8-2/h10-11,13-14,17,19-20,22-23,26-28,30,32,38,41,45,48,54-55H,7-9,12,15-16,18,21,24-25,29,31,33-37,39-40,42-44,46-47,49-53H2,1-6H3,(H-,58,60,62,63)/p+1/b13-10-,14-11+,20-17+,22-19-,26-23-,28-27-,32-30-,41-38-,48-45+. The largest absolute Gasteiger partial charge is 0.472 e. The molecule has 3 unspecified atom stereocenters. The van der Waals surface area contributed by atoms with Crippen LogP contribution >= 0.6 is 7.82 Å². The van der Waals surface area contributed by atoms with E-state index in [9.17, 15) is 19.0 Å². The topological polar surface area (TPSA) is 111 Å². The second-order valence-electron chi connectivity index (χ2n) is 18.3. The number of rotatable bonds is 45. The second-order valence-corrected chi connectivity index (χ2v) is 19.8. The van der Waals surface area contributed by atoms with Gasteiger partial charge in [0.2, 0.25) is 5.91 Å². The van der Waals surface area contributed by atoms with Crippen molar-refractivity contribution in [3.63, 3.8) is 0 Å². The number of phosphoric acid groups is 1. The van der Waals surface area contributed by atoms with Gasteiger partial charge in [-0.15, -0.1) is 0 Å². The van der Waals surface area contributed by atoms with Crippen molar-refractivity contribution < 1.29 is 37.3 Å². The van der Waals surface area contributed by atoms with Crippen molar-refractivity contribution in [2.24, 2.45) is 0 Å². The summed E-state index contributed by atoms with van der Waals surface area (Å²) in [6, 6.07) is -0.887. The molecule has 0 aliphatic carbocycles. The third kappa shape index (κ3) is 47.5. The lowest BCUT2D eigenvalue weighted by Gasteiger charge is -2.27. The molecule has 1 amide bonds. The number of carbonyl (C=O) groups is 2. The van der Waals surface area contributed by atoms with E-state index < -0.39 is 25.9 Å². The highest BCUT2D eigenvalue weighted by molar-refractivity contribution is 7.47. The third-order valence-electron chi connectivity index (χ3n) is 10.8. The summed E-state index contributed by atoms with van der Waals surface area (Å²) in [7, 11) is 1.43. The zero-order valence-corrected chi connectivity index (χ0v) is 44.2. The monoisotopic (exact) mass is 954 g/mol. The van der Waals surface area contributed by atoms with E-state index in [0.717, 1.165) is 96.3 Å². The van der Waals surface area contributed by atoms with E-state index in [0.29, 0.717) is 30.3 Å². The molecule has 0 aromatic carbocycles. The van der Waals surface area contributed by atoms with E-state index in [-0.39, 0.29) is 25.5 Å². The second kappa shape index (κ2) is 46.4. The molecular weight excluding hydrogens is 856 g/mol. The van der Waals surface area contributed by atoms with E-state index in [2.05, 4.69) is 117 Å². The van der Waals surface area contributed by atoms with Crippen LogP contribution in [0.1, 0.15) is 188 Å². The van der Waals surface area contributed by atoms with Crippen LogP contribution < -0.4 is 5.32 Å². The summed E-state index contributed by atoms with van der Waals surface area (Å²) in [5.74, 6) is -0.610. The van der Waals surface area contributed by atoms with Gasteiger partial charge in [-0.05, 0) is 89.5 Å². The number of amides is 1. The number of allylic oxidation sites excluding steroid dienone is 17. The van der Waals surface area contributed by atoms with Gasteiger partial charge >= 0.3 is 13.8 Å². The highest BCUT2D eigenvalue weighted by atomic mass is 31.2. The number of hydrogen-bond acceptors (Lipinski definition) is 6. The highest BCUT2D eigenvalue weighted by Gasteiger charge is 2.30. The molecule has 0 saturated carbocycles. The van der Waals surface area contributed by atoms with Crippen LogP contribution in [0.3, 0.4) is 0 Å². The Morgan fingerprint density at radius 1 is 0.552 bits per heavy atom. The summed E-state index contributed by atoms with van der Waals surface area (Å²) in [4.78, 5) is 37.4.